The van der Waals surface area contributed by atoms with Crippen LogP contribution in [-0.4, -0.2) is 10.9 Å². The summed E-state index contributed by atoms with van der Waals surface area (Å²) in [5.41, 5.74) is 6.36. The summed E-state index contributed by atoms with van der Waals surface area (Å²) in [7, 11) is 0. The highest BCUT2D eigenvalue weighted by molar-refractivity contribution is 5.93. The van der Waals surface area contributed by atoms with Gasteiger partial charge in [0.1, 0.15) is 11.7 Å². The number of hydrogen-bond donors (Lipinski definition) is 0. The molecular weight excluding hydrogens is 440 g/mol. The number of ether oxygens (including phenoxy) is 1. The van der Waals surface area contributed by atoms with Crippen LogP contribution in [0.4, 0.5) is 0 Å². The molecule has 3 heteroatoms. The van der Waals surface area contributed by atoms with Crippen LogP contribution in [0.25, 0.3) is 0 Å². The zero-order chi connectivity index (χ0) is 24.2. The predicted molar refractivity (Wildman–Crippen MR) is 144 cm³/mol. The van der Waals surface area contributed by atoms with Gasteiger partial charge in [0.25, 0.3) is 0 Å². The summed E-state index contributed by atoms with van der Waals surface area (Å²) in [5.74, 6) is 0.601. The summed E-state index contributed by atoms with van der Waals surface area (Å²) in [6, 6.07) is 47.7. The first-order chi connectivity index (χ1) is 17.9. The van der Waals surface area contributed by atoms with Crippen molar-refractivity contribution in [3.63, 3.8) is 0 Å². The summed E-state index contributed by atoms with van der Waals surface area (Å²) in [6.07, 6.45) is -0.201. The molecule has 0 spiro atoms. The molecule has 0 fully saturated rings. The first-order valence-electron chi connectivity index (χ1n) is 12.3. The monoisotopic (exact) mass is 466 g/mol. The zero-order valence-corrected chi connectivity index (χ0v) is 19.8. The second-order valence-electron chi connectivity index (χ2n) is 8.94. The average Bonchev–Trinajstić information content (AvgIpc) is 3.41. The summed E-state index contributed by atoms with van der Waals surface area (Å²) < 4.78 is 6.53. The van der Waals surface area contributed by atoms with E-state index in [4.69, 9.17) is 14.7 Å². The van der Waals surface area contributed by atoms with E-state index in [1.54, 1.807) is 0 Å². The molecule has 174 valence electrons. The second-order valence-corrected chi connectivity index (χ2v) is 8.94. The third-order valence-electron chi connectivity index (χ3n) is 6.60. The molecule has 0 amide bonds. The predicted octanol–water partition coefficient (Wildman–Crippen LogP) is 7.52. The van der Waals surface area contributed by atoms with Crippen molar-refractivity contribution in [3.05, 3.63) is 173 Å². The van der Waals surface area contributed by atoms with Crippen LogP contribution in [-0.2, 0) is 4.74 Å². The van der Waals surface area contributed by atoms with Crippen LogP contribution in [0.3, 0.4) is 0 Å². The highest BCUT2D eigenvalue weighted by atomic mass is 16.5. The lowest BCUT2D eigenvalue weighted by Crippen LogP contribution is -2.12. The summed E-state index contributed by atoms with van der Waals surface area (Å²) in [5, 5.41) is 0. The quantitative estimate of drug-likeness (QED) is 0.259. The van der Waals surface area contributed by atoms with E-state index in [2.05, 4.69) is 84.9 Å². The van der Waals surface area contributed by atoms with Gasteiger partial charge < -0.3 is 4.74 Å². The van der Waals surface area contributed by atoms with E-state index in [0.29, 0.717) is 5.90 Å². The Balaban J connectivity index is 1.41. The van der Waals surface area contributed by atoms with Crippen LogP contribution in [0.15, 0.2) is 145 Å². The van der Waals surface area contributed by atoms with E-state index < -0.39 is 0 Å². The molecule has 3 nitrogen and oxygen atoms in total. The molecule has 6 rings (SSSR count). The van der Waals surface area contributed by atoms with E-state index in [1.165, 1.54) is 11.1 Å². The summed E-state index contributed by atoms with van der Waals surface area (Å²) in [6.45, 7) is 0. The molecule has 4 aromatic carbocycles. The normalized spacial score (nSPS) is 17.0. The van der Waals surface area contributed by atoms with Gasteiger partial charge in [-0.25, -0.2) is 9.98 Å². The molecule has 5 aromatic rings. The minimum atomic E-state index is -0.201. The van der Waals surface area contributed by atoms with Crippen molar-refractivity contribution in [1.82, 2.24) is 4.98 Å². The van der Waals surface area contributed by atoms with Crippen LogP contribution in [0, 0.1) is 0 Å². The Morgan fingerprint density at radius 1 is 0.528 bits per heavy atom. The topological polar surface area (TPSA) is 34.5 Å². The fraction of sp³-hybridized carbons (Fsp3) is 0.0909. The minimum Gasteiger partial charge on any atom is -0.465 e. The number of benzene rings is 4. The Labute approximate surface area is 211 Å². The molecule has 2 atom stereocenters. The summed E-state index contributed by atoms with van der Waals surface area (Å²) in [4.78, 5) is 10.2. The third-order valence-corrected chi connectivity index (χ3v) is 6.60. The van der Waals surface area contributed by atoms with Crippen molar-refractivity contribution in [1.29, 1.82) is 0 Å². The lowest BCUT2D eigenvalue weighted by molar-refractivity contribution is 0.196. The number of aromatic nitrogens is 1. The van der Waals surface area contributed by atoms with Crippen LogP contribution >= 0.6 is 0 Å². The fourth-order valence-corrected chi connectivity index (χ4v) is 4.88. The first kappa shape index (κ1) is 22.0. The molecule has 0 unspecified atom stereocenters. The molecule has 2 heterocycles. The number of nitrogens with zero attached hydrogens (tertiary/aromatic N) is 2. The van der Waals surface area contributed by atoms with Gasteiger partial charge in [-0.1, -0.05) is 127 Å². The van der Waals surface area contributed by atoms with Gasteiger partial charge in [0.2, 0.25) is 5.90 Å². The minimum absolute atomic E-state index is 0.0178. The van der Waals surface area contributed by atoms with Crippen molar-refractivity contribution in [2.24, 2.45) is 4.99 Å². The van der Waals surface area contributed by atoms with Crippen LogP contribution < -0.4 is 0 Å². The van der Waals surface area contributed by atoms with E-state index in [1.807, 2.05) is 54.6 Å². The van der Waals surface area contributed by atoms with Gasteiger partial charge in [0.15, 0.2) is 6.10 Å². The summed E-state index contributed by atoms with van der Waals surface area (Å²) >= 11 is 0. The van der Waals surface area contributed by atoms with E-state index >= 15 is 0 Å². The van der Waals surface area contributed by atoms with E-state index in [9.17, 15) is 0 Å². The van der Waals surface area contributed by atoms with Crippen molar-refractivity contribution in [3.8, 4) is 0 Å². The molecule has 0 saturated carbocycles. The Bertz CT molecular complexity index is 1410. The van der Waals surface area contributed by atoms with Gasteiger partial charge in [-0.15, -0.1) is 0 Å². The van der Waals surface area contributed by atoms with Gasteiger partial charge in [0.05, 0.1) is 11.6 Å². The maximum atomic E-state index is 6.53. The van der Waals surface area contributed by atoms with Gasteiger partial charge >= 0.3 is 0 Å². The van der Waals surface area contributed by atoms with Crippen molar-refractivity contribution in [2.45, 2.75) is 18.1 Å². The molecular formula is C33H26N2O. The fourth-order valence-electron chi connectivity index (χ4n) is 4.88. The second kappa shape index (κ2) is 10.0. The Kier molecular flexibility index (Phi) is 6.11. The first-order valence-corrected chi connectivity index (χ1v) is 12.3. The number of pyridine rings is 1. The molecule has 36 heavy (non-hydrogen) atoms. The molecule has 1 aliphatic heterocycles. The molecule has 0 aliphatic carbocycles. The van der Waals surface area contributed by atoms with Gasteiger partial charge in [-0.2, -0.15) is 0 Å². The van der Waals surface area contributed by atoms with Crippen molar-refractivity contribution in [2.75, 3.05) is 0 Å². The van der Waals surface area contributed by atoms with Crippen molar-refractivity contribution < 1.29 is 4.74 Å². The smallest absolute Gasteiger partial charge is 0.236 e. The van der Waals surface area contributed by atoms with E-state index in [0.717, 1.165) is 22.5 Å². The standard InChI is InChI=1S/C33H26N2O/c1-5-14-24(15-6-1)30(25-16-7-2-8-17-25)28-22-13-23-29(34-28)33-35-31(26-18-9-3-10-19-26)32(36-33)27-20-11-4-12-21-27/h1-23,30-32H/t31-,32-/m1/s1. The molecule has 0 radical (unpaired) electrons. The molecule has 1 aliphatic rings. The van der Waals surface area contributed by atoms with Gasteiger partial charge in [-0.05, 0) is 34.4 Å². The SMILES string of the molecule is c1ccc(C(c2ccccc2)c2cccc(C3=N[C@H](c4ccccc4)[C@@H](c4ccccc4)O3)n2)cc1. The lowest BCUT2D eigenvalue weighted by Gasteiger charge is -2.19. The lowest BCUT2D eigenvalue weighted by atomic mass is 9.88. The van der Waals surface area contributed by atoms with E-state index in [-0.39, 0.29) is 18.1 Å². The van der Waals surface area contributed by atoms with Gasteiger partial charge in [0, 0.05) is 0 Å². The Morgan fingerprint density at radius 3 is 1.64 bits per heavy atom. The zero-order valence-electron chi connectivity index (χ0n) is 19.8. The molecule has 1 aromatic heterocycles. The number of rotatable bonds is 6. The maximum Gasteiger partial charge on any atom is 0.236 e. The highest BCUT2D eigenvalue weighted by Gasteiger charge is 2.34. The third kappa shape index (κ3) is 4.44. The molecule has 0 N–H and O–H groups in total. The molecule has 0 saturated heterocycles. The number of aliphatic imine (C=N–C) groups is 1. The largest absolute Gasteiger partial charge is 0.465 e. The molecule has 0 bridgehead atoms. The van der Waals surface area contributed by atoms with Crippen LogP contribution in [0.1, 0.15) is 51.7 Å². The maximum absolute atomic E-state index is 6.53. The highest BCUT2D eigenvalue weighted by Crippen LogP contribution is 2.41. The van der Waals surface area contributed by atoms with Crippen LogP contribution in [0.2, 0.25) is 0 Å². The van der Waals surface area contributed by atoms with Crippen LogP contribution in [0.5, 0.6) is 0 Å². The number of hydrogen-bond acceptors (Lipinski definition) is 3. The Morgan fingerprint density at radius 2 is 1.06 bits per heavy atom. The average molecular weight is 467 g/mol. The van der Waals surface area contributed by atoms with Gasteiger partial charge in [-0.3, -0.25) is 0 Å². The van der Waals surface area contributed by atoms with Crippen molar-refractivity contribution >= 4 is 5.90 Å². The Hall–Kier alpha value is -4.50.